The van der Waals surface area contributed by atoms with Crippen molar-refractivity contribution >= 4 is 17.8 Å². The van der Waals surface area contributed by atoms with Crippen molar-refractivity contribution < 1.29 is 13.9 Å². The summed E-state index contributed by atoms with van der Waals surface area (Å²) in [6, 6.07) is 10.9. The van der Waals surface area contributed by atoms with Gasteiger partial charge in [0.1, 0.15) is 17.9 Å². The summed E-state index contributed by atoms with van der Waals surface area (Å²) in [6.45, 7) is 5.05. The molecule has 3 aromatic rings. The maximum Gasteiger partial charge on any atom is 0.262 e. The van der Waals surface area contributed by atoms with E-state index in [1.165, 1.54) is 39.8 Å². The fourth-order valence-corrected chi connectivity index (χ4v) is 6.19. The zero-order valence-corrected chi connectivity index (χ0v) is 22.2. The zero-order valence-electron chi connectivity index (χ0n) is 22.2. The average Bonchev–Trinajstić information content (AvgIpc) is 3.62. The lowest BCUT2D eigenvalue weighted by atomic mass is 9.89. The number of piperidine rings is 1. The van der Waals surface area contributed by atoms with E-state index >= 15 is 0 Å². The Hall–Kier alpha value is -3.65. The molecule has 1 amide bonds. The lowest BCUT2D eigenvalue weighted by Gasteiger charge is -2.36. The number of aryl methyl sites for hydroxylation is 1. The van der Waals surface area contributed by atoms with Gasteiger partial charge in [-0.05, 0) is 59.6 Å². The molecule has 0 spiro atoms. The van der Waals surface area contributed by atoms with E-state index in [4.69, 9.17) is 4.74 Å². The molecule has 2 unspecified atom stereocenters. The van der Waals surface area contributed by atoms with Gasteiger partial charge in [-0.25, -0.2) is 9.37 Å². The second-order valence-electron chi connectivity index (χ2n) is 11.0. The molecule has 2 aromatic carbocycles. The van der Waals surface area contributed by atoms with E-state index in [-0.39, 0.29) is 11.5 Å². The summed E-state index contributed by atoms with van der Waals surface area (Å²) in [5.41, 5.74) is 4.37. The molecule has 2 fully saturated rings. The largest absolute Gasteiger partial charge is 0.435 e. The summed E-state index contributed by atoms with van der Waals surface area (Å²) in [5, 5.41) is 0. The molecular weight excluding hydrogens is 481 g/mol. The van der Waals surface area contributed by atoms with Crippen LogP contribution in [0.5, 0.6) is 11.6 Å². The molecule has 2 atom stereocenters. The smallest absolute Gasteiger partial charge is 0.262 e. The lowest BCUT2D eigenvalue weighted by molar-refractivity contribution is 0.0824. The highest BCUT2D eigenvalue weighted by Gasteiger charge is 2.38. The number of nitrogens with zero attached hydrogens (tertiary/aromatic N) is 5. The molecule has 0 N–H and O–H groups in total. The number of allylic oxidation sites excluding steroid dienone is 1. The molecule has 3 aliphatic rings. The first kappa shape index (κ1) is 24.7. The number of aromatic nitrogens is 2. The van der Waals surface area contributed by atoms with Gasteiger partial charge in [0.15, 0.2) is 5.82 Å². The van der Waals surface area contributed by atoms with Gasteiger partial charge in [-0.1, -0.05) is 30.4 Å². The van der Waals surface area contributed by atoms with Crippen LogP contribution in [-0.4, -0.2) is 65.5 Å². The Labute approximate surface area is 223 Å². The minimum atomic E-state index is -0.479. The highest BCUT2D eigenvalue weighted by Crippen LogP contribution is 2.38. The lowest BCUT2D eigenvalue weighted by Crippen LogP contribution is -2.41. The molecule has 198 valence electrons. The highest BCUT2D eigenvalue weighted by molar-refractivity contribution is 5.96. The number of rotatable bonds is 6. The predicted octanol–water partition coefficient (Wildman–Crippen LogP) is 4.58. The summed E-state index contributed by atoms with van der Waals surface area (Å²) in [5.74, 6) is 2.08. The SMILES string of the molecule is CN(C)C(=O)c1cc(F)ccc1Oc1ncn(C)c1N1CCC2CN(Cc3ccc4c(c3)CC=C4)CC2C1. The van der Waals surface area contributed by atoms with Crippen molar-refractivity contribution in [1.82, 2.24) is 19.4 Å². The second kappa shape index (κ2) is 9.91. The van der Waals surface area contributed by atoms with Gasteiger partial charge in [-0.3, -0.25) is 9.69 Å². The topological polar surface area (TPSA) is 53.8 Å². The molecule has 7 nitrogen and oxygen atoms in total. The normalized spacial score (nSPS) is 20.5. The average molecular weight is 516 g/mol. The number of ether oxygens (including phenoxy) is 1. The first-order valence-electron chi connectivity index (χ1n) is 13.3. The molecule has 2 saturated heterocycles. The van der Waals surface area contributed by atoms with Crippen LogP contribution < -0.4 is 9.64 Å². The van der Waals surface area contributed by atoms with Crippen LogP contribution in [0.2, 0.25) is 0 Å². The van der Waals surface area contributed by atoms with Crippen LogP contribution in [0.3, 0.4) is 0 Å². The third-order valence-electron chi connectivity index (χ3n) is 8.08. The fraction of sp³-hybridized carbons (Fsp3) is 0.400. The van der Waals surface area contributed by atoms with Crippen molar-refractivity contribution in [3.8, 4) is 11.6 Å². The van der Waals surface area contributed by atoms with Gasteiger partial charge in [0, 0.05) is 53.9 Å². The van der Waals surface area contributed by atoms with Crippen LogP contribution in [-0.2, 0) is 20.0 Å². The number of hydrogen-bond acceptors (Lipinski definition) is 5. The van der Waals surface area contributed by atoms with Crippen molar-refractivity contribution in [2.45, 2.75) is 19.4 Å². The molecule has 0 bridgehead atoms. The van der Waals surface area contributed by atoms with E-state index in [1.54, 1.807) is 20.4 Å². The number of likely N-dealkylation sites (tertiary alicyclic amines) is 1. The Bertz CT molecular complexity index is 1400. The minimum Gasteiger partial charge on any atom is -0.435 e. The summed E-state index contributed by atoms with van der Waals surface area (Å²) in [7, 11) is 5.24. The molecule has 0 saturated carbocycles. The predicted molar refractivity (Wildman–Crippen MR) is 146 cm³/mol. The van der Waals surface area contributed by atoms with Crippen LogP contribution >= 0.6 is 0 Å². The van der Waals surface area contributed by atoms with E-state index in [9.17, 15) is 9.18 Å². The van der Waals surface area contributed by atoms with Crippen LogP contribution in [0.25, 0.3) is 6.08 Å². The summed E-state index contributed by atoms with van der Waals surface area (Å²) in [4.78, 5) is 23.5. The van der Waals surface area contributed by atoms with Gasteiger partial charge in [-0.15, -0.1) is 0 Å². The van der Waals surface area contributed by atoms with Gasteiger partial charge in [0.05, 0.1) is 5.56 Å². The quantitative estimate of drug-likeness (QED) is 0.481. The van der Waals surface area contributed by atoms with Crippen LogP contribution in [0.1, 0.15) is 33.5 Å². The van der Waals surface area contributed by atoms with Gasteiger partial charge < -0.3 is 19.1 Å². The van der Waals surface area contributed by atoms with Crippen molar-refractivity contribution in [3.63, 3.8) is 0 Å². The van der Waals surface area contributed by atoms with Crippen LogP contribution in [0.15, 0.2) is 48.8 Å². The third kappa shape index (κ3) is 4.69. The zero-order chi connectivity index (χ0) is 26.4. The number of fused-ring (bicyclic) bond motifs is 2. The Morgan fingerprint density at radius 2 is 1.97 bits per heavy atom. The summed E-state index contributed by atoms with van der Waals surface area (Å²) < 4.78 is 22.1. The molecular formula is C30H34FN5O2. The minimum absolute atomic E-state index is 0.180. The fourth-order valence-electron chi connectivity index (χ4n) is 6.19. The molecule has 0 radical (unpaired) electrons. The first-order chi connectivity index (χ1) is 18.4. The molecule has 1 aliphatic carbocycles. The number of amides is 1. The Kier molecular flexibility index (Phi) is 6.43. The van der Waals surface area contributed by atoms with Crippen molar-refractivity contribution in [1.29, 1.82) is 0 Å². The molecule has 1 aromatic heterocycles. The number of benzene rings is 2. The number of carbonyl (C=O) groups excluding carboxylic acids is 1. The van der Waals surface area contributed by atoms with E-state index in [1.807, 2.05) is 11.6 Å². The third-order valence-corrected chi connectivity index (χ3v) is 8.08. The number of carbonyl (C=O) groups is 1. The van der Waals surface area contributed by atoms with Gasteiger partial charge in [0.2, 0.25) is 0 Å². The molecule has 3 heterocycles. The summed E-state index contributed by atoms with van der Waals surface area (Å²) >= 11 is 0. The maximum atomic E-state index is 14.0. The summed E-state index contributed by atoms with van der Waals surface area (Å²) in [6.07, 6.45) is 8.34. The van der Waals surface area contributed by atoms with E-state index < -0.39 is 5.82 Å². The number of hydrogen-bond donors (Lipinski definition) is 0. The molecule has 2 aliphatic heterocycles. The van der Waals surface area contributed by atoms with Gasteiger partial charge in [-0.2, -0.15) is 0 Å². The van der Waals surface area contributed by atoms with Crippen molar-refractivity contribution in [2.24, 2.45) is 18.9 Å². The maximum absolute atomic E-state index is 14.0. The van der Waals surface area contributed by atoms with Crippen LogP contribution in [0.4, 0.5) is 10.2 Å². The van der Waals surface area contributed by atoms with E-state index in [0.717, 1.165) is 51.4 Å². The van der Waals surface area contributed by atoms with Gasteiger partial charge in [0.25, 0.3) is 11.8 Å². The van der Waals surface area contributed by atoms with Gasteiger partial charge >= 0.3 is 0 Å². The first-order valence-corrected chi connectivity index (χ1v) is 13.3. The monoisotopic (exact) mass is 515 g/mol. The standard InChI is InChI=1S/C30H34FN5O2/c1-33(2)30(37)26-14-25(31)9-10-27(26)38-28-29(34(3)19-32-28)36-12-11-23-16-35(17-24(23)18-36)15-20-7-8-21-5-4-6-22(21)13-20/h4-5,7-10,13-14,19,23-24H,6,11-12,15-18H2,1-3H3. The molecule has 6 rings (SSSR count). The molecule has 8 heteroatoms. The second-order valence-corrected chi connectivity index (χ2v) is 11.0. The van der Waals surface area contributed by atoms with Crippen molar-refractivity contribution in [2.75, 3.05) is 45.2 Å². The Morgan fingerprint density at radius 3 is 2.82 bits per heavy atom. The van der Waals surface area contributed by atoms with E-state index in [0.29, 0.717) is 23.5 Å². The van der Waals surface area contributed by atoms with E-state index in [2.05, 4.69) is 45.1 Å². The number of imidazole rings is 1. The van der Waals surface area contributed by atoms with Crippen LogP contribution in [0, 0.1) is 17.7 Å². The Balaban J connectivity index is 1.16. The number of anilines is 1. The highest BCUT2D eigenvalue weighted by atomic mass is 19.1. The molecule has 38 heavy (non-hydrogen) atoms. The number of halogens is 1. The van der Waals surface area contributed by atoms with Crippen molar-refractivity contribution in [3.05, 3.63) is 76.9 Å². The Morgan fingerprint density at radius 1 is 1.13 bits per heavy atom.